The van der Waals surface area contributed by atoms with Gasteiger partial charge in [0.25, 0.3) is 0 Å². The molecule has 6 heteroatoms. The van der Waals surface area contributed by atoms with Crippen LogP contribution in [-0.2, 0) is 4.43 Å². The Bertz CT molecular complexity index is 735. The van der Waals surface area contributed by atoms with Gasteiger partial charge in [0.1, 0.15) is 5.82 Å². The molecule has 0 saturated carbocycles. The Labute approximate surface area is 157 Å². The number of carbonyl (C=O) groups is 1. The number of imidazole rings is 1. The fourth-order valence-electron chi connectivity index (χ4n) is 2.58. The van der Waals surface area contributed by atoms with E-state index in [0.717, 1.165) is 12.0 Å². The molecule has 0 aliphatic heterocycles. The fraction of sp³-hybridized carbons (Fsp3) is 0.500. The quantitative estimate of drug-likeness (QED) is 0.639. The molecule has 0 radical (unpaired) electrons. The van der Waals surface area contributed by atoms with E-state index in [0.29, 0.717) is 5.82 Å². The van der Waals surface area contributed by atoms with E-state index in [4.69, 9.17) is 9.53 Å². The number of hydrogen-bond donors (Lipinski definition) is 2. The first kappa shape index (κ1) is 20.4. The zero-order valence-corrected chi connectivity index (χ0v) is 17.5. The predicted molar refractivity (Wildman–Crippen MR) is 106 cm³/mol. The van der Waals surface area contributed by atoms with E-state index in [1.807, 2.05) is 18.2 Å². The third-order valence-electron chi connectivity index (χ3n) is 5.27. The second kappa shape index (κ2) is 7.76. The minimum Gasteiger partial charge on any atom is -0.476 e. The number of benzene rings is 1. The van der Waals surface area contributed by atoms with Crippen LogP contribution in [0, 0.1) is 0 Å². The van der Waals surface area contributed by atoms with Crippen molar-refractivity contribution in [3.63, 3.8) is 0 Å². The van der Waals surface area contributed by atoms with Crippen LogP contribution in [0.4, 0.5) is 0 Å². The van der Waals surface area contributed by atoms with Gasteiger partial charge in [-0.3, -0.25) is 0 Å². The fourth-order valence-corrected chi connectivity index (χ4v) is 3.88. The van der Waals surface area contributed by atoms with Crippen LogP contribution in [0.15, 0.2) is 36.5 Å². The second-order valence-electron chi connectivity index (χ2n) is 8.39. The summed E-state index contributed by atoms with van der Waals surface area (Å²) >= 11 is 0. The zero-order chi connectivity index (χ0) is 19.5. The predicted octanol–water partition coefficient (Wildman–Crippen LogP) is 5.36. The van der Waals surface area contributed by atoms with Gasteiger partial charge in [-0.25, -0.2) is 9.78 Å². The molecular weight excluding hydrogens is 344 g/mol. The number of nitrogens with zero attached hydrogens (tertiary/aromatic N) is 1. The van der Waals surface area contributed by atoms with E-state index < -0.39 is 14.3 Å². The second-order valence-corrected chi connectivity index (χ2v) is 13.1. The van der Waals surface area contributed by atoms with Gasteiger partial charge in [-0.15, -0.1) is 0 Å². The van der Waals surface area contributed by atoms with E-state index in [9.17, 15) is 4.79 Å². The molecule has 26 heavy (non-hydrogen) atoms. The molecule has 0 fully saturated rings. The highest BCUT2D eigenvalue weighted by atomic mass is 28.4. The molecule has 1 heterocycles. The smallest absolute Gasteiger partial charge is 0.356 e. The van der Waals surface area contributed by atoms with Gasteiger partial charge in [-0.05, 0) is 30.1 Å². The lowest BCUT2D eigenvalue weighted by Gasteiger charge is -2.40. The summed E-state index contributed by atoms with van der Waals surface area (Å²) < 4.78 is 6.72. The van der Waals surface area contributed by atoms with Crippen molar-refractivity contribution in [1.29, 1.82) is 0 Å². The molecule has 2 aromatic rings. The highest BCUT2D eigenvalue weighted by Gasteiger charge is 2.39. The normalized spacial score (nSPS) is 14.8. The van der Waals surface area contributed by atoms with E-state index in [-0.39, 0.29) is 22.8 Å². The van der Waals surface area contributed by atoms with Gasteiger partial charge in [-0.1, -0.05) is 58.0 Å². The first-order valence-corrected chi connectivity index (χ1v) is 11.9. The first-order chi connectivity index (χ1) is 12.0. The summed E-state index contributed by atoms with van der Waals surface area (Å²) in [7, 11) is -1.96. The minimum atomic E-state index is -1.96. The van der Waals surface area contributed by atoms with Crippen LogP contribution in [0.5, 0.6) is 0 Å². The number of aromatic carboxylic acids is 1. The van der Waals surface area contributed by atoms with Crippen molar-refractivity contribution < 1.29 is 14.3 Å². The molecule has 2 atom stereocenters. The molecule has 0 saturated heterocycles. The average Bonchev–Trinajstić information content (AvgIpc) is 3.04. The standard InChI is InChI=1S/C20H30N2O3Si/c1-14(18-21-13-16(22-18)19(23)24)12-17(15-10-8-7-9-11-15)25-26(5,6)20(2,3)4/h7-11,13-14,17H,12H2,1-6H3,(H,21,22)(H,23,24)/t14?,17-/m0/s1. The number of hydrogen-bond acceptors (Lipinski definition) is 3. The van der Waals surface area contributed by atoms with Crippen LogP contribution in [0.1, 0.15) is 68.0 Å². The van der Waals surface area contributed by atoms with Crippen LogP contribution in [-0.4, -0.2) is 29.4 Å². The number of nitrogens with one attached hydrogen (secondary N) is 1. The molecule has 1 aromatic heterocycles. The van der Waals surface area contributed by atoms with E-state index in [1.165, 1.54) is 6.20 Å². The summed E-state index contributed by atoms with van der Waals surface area (Å²) in [5.41, 5.74) is 1.20. The number of H-pyrrole nitrogens is 1. The monoisotopic (exact) mass is 374 g/mol. The molecular formula is C20H30N2O3Si. The summed E-state index contributed by atoms with van der Waals surface area (Å²) in [6.07, 6.45) is 2.13. The van der Waals surface area contributed by atoms with E-state index >= 15 is 0 Å². The van der Waals surface area contributed by atoms with Crippen LogP contribution < -0.4 is 0 Å². The minimum absolute atomic E-state index is 0.0495. The van der Waals surface area contributed by atoms with Crippen molar-refractivity contribution in [2.75, 3.05) is 0 Å². The van der Waals surface area contributed by atoms with Crippen LogP contribution in [0.2, 0.25) is 18.1 Å². The van der Waals surface area contributed by atoms with Gasteiger partial charge in [0, 0.05) is 12.1 Å². The molecule has 5 nitrogen and oxygen atoms in total. The Morgan fingerprint density at radius 1 is 1.27 bits per heavy atom. The summed E-state index contributed by atoms with van der Waals surface area (Å²) in [4.78, 5) is 18.3. The van der Waals surface area contributed by atoms with Gasteiger partial charge < -0.3 is 14.5 Å². The maximum atomic E-state index is 11.1. The van der Waals surface area contributed by atoms with Gasteiger partial charge in [0.2, 0.25) is 0 Å². The molecule has 0 amide bonds. The van der Waals surface area contributed by atoms with Crippen molar-refractivity contribution in [3.05, 3.63) is 53.6 Å². The van der Waals surface area contributed by atoms with Crippen LogP contribution in [0.25, 0.3) is 0 Å². The Kier molecular flexibility index (Phi) is 6.08. The maximum Gasteiger partial charge on any atom is 0.356 e. The highest BCUT2D eigenvalue weighted by molar-refractivity contribution is 6.74. The van der Waals surface area contributed by atoms with E-state index in [1.54, 1.807) is 0 Å². The third-order valence-corrected chi connectivity index (χ3v) is 9.75. The molecule has 0 aliphatic carbocycles. The van der Waals surface area contributed by atoms with Gasteiger partial charge >= 0.3 is 5.97 Å². The first-order valence-electron chi connectivity index (χ1n) is 9.02. The molecule has 2 rings (SSSR count). The lowest BCUT2D eigenvalue weighted by Crippen LogP contribution is -2.42. The molecule has 1 aromatic carbocycles. The van der Waals surface area contributed by atoms with Crippen molar-refractivity contribution in [1.82, 2.24) is 9.97 Å². The molecule has 0 bridgehead atoms. The SMILES string of the molecule is CC(C[C@H](O[Si](C)(C)C(C)(C)C)c1ccccc1)c1nc(C(=O)O)c[nH]1. The number of aromatic nitrogens is 2. The van der Waals surface area contributed by atoms with E-state index in [2.05, 4.69) is 62.9 Å². The Morgan fingerprint density at radius 3 is 2.38 bits per heavy atom. The van der Waals surface area contributed by atoms with Crippen molar-refractivity contribution in [3.8, 4) is 0 Å². The van der Waals surface area contributed by atoms with Crippen LogP contribution >= 0.6 is 0 Å². The Balaban J connectivity index is 2.25. The topological polar surface area (TPSA) is 75.2 Å². The third kappa shape index (κ3) is 4.83. The number of aromatic amines is 1. The summed E-state index contributed by atoms with van der Waals surface area (Å²) in [6.45, 7) is 13.3. The average molecular weight is 375 g/mol. The van der Waals surface area contributed by atoms with Gasteiger partial charge in [0.05, 0.1) is 6.10 Å². The Morgan fingerprint density at radius 2 is 1.88 bits per heavy atom. The largest absolute Gasteiger partial charge is 0.476 e. The number of carboxylic acid groups (broad SMARTS) is 1. The van der Waals surface area contributed by atoms with Crippen molar-refractivity contribution in [2.24, 2.45) is 0 Å². The maximum absolute atomic E-state index is 11.1. The van der Waals surface area contributed by atoms with Gasteiger partial charge in [-0.2, -0.15) is 0 Å². The highest BCUT2D eigenvalue weighted by Crippen LogP contribution is 2.41. The van der Waals surface area contributed by atoms with Crippen molar-refractivity contribution >= 4 is 14.3 Å². The lowest BCUT2D eigenvalue weighted by molar-refractivity contribution is 0.0691. The molecule has 0 spiro atoms. The molecule has 0 aliphatic rings. The molecule has 2 N–H and O–H groups in total. The molecule has 1 unspecified atom stereocenters. The lowest BCUT2D eigenvalue weighted by atomic mass is 9.98. The summed E-state index contributed by atoms with van der Waals surface area (Å²) in [6, 6.07) is 10.2. The number of rotatable bonds is 7. The van der Waals surface area contributed by atoms with Crippen molar-refractivity contribution in [2.45, 2.75) is 64.3 Å². The summed E-state index contributed by atoms with van der Waals surface area (Å²) in [5, 5.41) is 9.20. The molecule has 142 valence electrons. The summed E-state index contributed by atoms with van der Waals surface area (Å²) in [5.74, 6) is -0.280. The number of carboxylic acids is 1. The van der Waals surface area contributed by atoms with Crippen LogP contribution in [0.3, 0.4) is 0 Å². The zero-order valence-electron chi connectivity index (χ0n) is 16.5. The Hall–Kier alpha value is -1.92. The van der Waals surface area contributed by atoms with Gasteiger partial charge in [0.15, 0.2) is 14.0 Å².